The molecule has 4 rings (SSSR count). The molecule has 0 aliphatic carbocycles. The molecule has 1 atom stereocenters. The van der Waals surface area contributed by atoms with Crippen LogP contribution in [0.3, 0.4) is 0 Å². The van der Waals surface area contributed by atoms with Gasteiger partial charge in [-0.2, -0.15) is 5.10 Å². The zero-order valence-electron chi connectivity index (χ0n) is 16.6. The SMILES string of the molecule is Cc1nn(CC(C)C)c2sc(C(=O)N(C)CC3COc4ccccc4O3)cc12. The first-order valence-corrected chi connectivity index (χ1v) is 10.3. The normalized spacial score (nSPS) is 16.0. The first-order chi connectivity index (χ1) is 13.4. The number of likely N-dealkylation sites (N-methyl/N-ethyl adjacent to an activating group) is 1. The highest BCUT2D eigenvalue weighted by Crippen LogP contribution is 2.32. The highest BCUT2D eigenvalue weighted by Gasteiger charge is 2.25. The lowest BCUT2D eigenvalue weighted by Crippen LogP contribution is -2.41. The molecule has 1 unspecified atom stereocenters. The third-order valence-corrected chi connectivity index (χ3v) is 5.88. The molecule has 28 heavy (non-hydrogen) atoms. The van der Waals surface area contributed by atoms with Gasteiger partial charge in [0.25, 0.3) is 5.91 Å². The van der Waals surface area contributed by atoms with Crippen molar-refractivity contribution < 1.29 is 14.3 Å². The lowest BCUT2D eigenvalue weighted by atomic mass is 10.2. The second kappa shape index (κ2) is 7.47. The number of hydrogen-bond acceptors (Lipinski definition) is 5. The van der Waals surface area contributed by atoms with Crippen LogP contribution in [0.25, 0.3) is 10.2 Å². The predicted molar refractivity (Wildman–Crippen MR) is 110 cm³/mol. The van der Waals surface area contributed by atoms with E-state index in [0.29, 0.717) is 19.1 Å². The molecule has 0 saturated carbocycles. The standard InChI is InChI=1S/C21H25N3O3S/c1-13(2)10-24-21-16(14(3)22-24)9-19(28-21)20(25)23(4)11-15-12-26-17-7-5-6-8-18(17)27-15/h5-9,13,15H,10-12H2,1-4H3. The summed E-state index contributed by atoms with van der Waals surface area (Å²) < 4.78 is 13.8. The summed E-state index contributed by atoms with van der Waals surface area (Å²) >= 11 is 1.51. The molecular weight excluding hydrogens is 374 g/mol. The van der Waals surface area contributed by atoms with Gasteiger partial charge in [0.05, 0.1) is 17.1 Å². The number of para-hydroxylation sites is 2. The Morgan fingerprint density at radius 2 is 2.11 bits per heavy atom. The smallest absolute Gasteiger partial charge is 0.263 e. The second-order valence-electron chi connectivity index (χ2n) is 7.67. The van der Waals surface area contributed by atoms with Crippen LogP contribution in [-0.2, 0) is 6.54 Å². The van der Waals surface area contributed by atoms with Gasteiger partial charge in [-0.25, -0.2) is 0 Å². The molecule has 1 aliphatic rings. The van der Waals surface area contributed by atoms with E-state index in [1.54, 1.807) is 4.90 Å². The van der Waals surface area contributed by atoms with Gasteiger partial charge in [0.2, 0.25) is 0 Å². The van der Waals surface area contributed by atoms with Gasteiger partial charge >= 0.3 is 0 Å². The number of nitrogens with zero attached hydrogens (tertiary/aromatic N) is 3. The number of aryl methyl sites for hydroxylation is 1. The Morgan fingerprint density at radius 3 is 2.86 bits per heavy atom. The molecular formula is C21H25N3O3S. The molecule has 1 aromatic carbocycles. The Hall–Kier alpha value is -2.54. The number of aromatic nitrogens is 2. The van der Waals surface area contributed by atoms with Crippen molar-refractivity contribution in [2.24, 2.45) is 5.92 Å². The average Bonchev–Trinajstić information content (AvgIpc) is 3.22. The minimum absolute atomic E-state index is 0.000782. The van der Waals surface area contributed by atoms with Gasteiger partial charge in [0, 0.05) is 19.0 Å². The lowest BCUT2D eigenvalue weighted by molar-refractivity contribution is 0.0524. The Labute approximate surface area is 168 Å². The van der Waals surface area contributed by atoms with Crippen LogP contribution < -0.4 is 9.47 Å². The van der Waals surface area contributed by atoms with Crippen molar-refractivity contribution in [2.75, 3.05) is 20.2 Å². The van der Waals surface area contributed by atoms with Crippen LogP contribution in [0.5, 0.6) is 11.5 Å². The molecule has 0 spiro atoms. The van der Waals surface area contributed by atoms with Crippen LogP contribution in [0.2, 0.25) is 0 Å². The van der Waals surface area contributed by atoms with Crippen molar-refractivity contribution >= 4 is 27.5 Å². The number of fused-ring (bicyclic) bond motifs is 2. The van der Waals surface area contributed by atoms with Crippen molar-refractivity contribution in [3.63, 3.8) is 0 Å². The molecule has 0 N–H and O–H groups in total. The molecule has 0 fully saturated rings. The Bertz CT molecular complexity index is 1010. The minimum atomic E-state index is -0.184. The fourth-order valence-corrected chi connectivity index (χ4v) is 4.58. The van der Waals surface area contributed by atoms with Crippen molar-refractivity contribution in [3.8, 4) is 11.5 Å². The lowest BCUT2D eigenvalue weighted by Gasteiger charge is -2.29. The van der Waals surface area contributed by atoms with E-state index < -0.39 is 0 Å². The molecule has 2 aromatic heterocycles. The van der Waals surface area contributed by atoms with E-state index in [-0.39, 0.29) is 12.0 Å². The van der Waals surface area contributed by atoms with Gasteiger partial charge in [-0.3, -0.25) is 9.48 Å². The quantitative estimate of drug-likeness (QED) is 0.651. The maximum Gasteiger partial charge on any atom is 0.263 e. The van der Waals surface area contributed by atoms with Crippen molar-refractivity contribution in [3.05, 3.63) is 40.9 Å². The molecule has 7 heteroatoms. The molecule has 1 amide bonds. The van der Waals surface area contributed by atoms with Crippen LogP contribution in [0.4, 0.5) is 0 Å². The summed E-state index contributed by atoms with van der Waals surface area (Å²) in [5.41, 5.74) is 0.967. The second-order valence-corrected chi connectivity index (χ2v) is 8.70. The predicted octanol–water partition coefficient (Wildman–Crippen LogP) is 3.97. The fourth-order valence-electron chi connectivity index (χ4n) is 3.42. The summed E-state index contributed by atoms with van der Waals surface area (Å²) in [6.45, 7) is 8.08. The zero-order chi connectivity index (χ0) is 19.8. The largest absolute Gasteiger partial charge is 0.486 e. The number of hydrogen-bond donors (Lipinski definition) is 0. The highest BCUT2D eigenvalue weighted by molar-refractivity contribution is 7.20. The third kappa shape index (κ3) is 3.58. The number of amides is 1. The summed E-state index contributed by atoms with van der Waals surface area (Å²) in [7, 11) is 1.81. The molecule has 3 heterocycles. The molecule has 0 bridgehead atoms. The maximum absolute atomic E-state index is 13.0. The van der Waals surface area contributed by atoms with Gasteiger partial charge in [0.15, 0.2) is 17.6 Å². The van der Waals surface area contributed by atoms with Crippen LogP contribution >= 0.6 is 11.3 Å². The number of ether oxygens (including phenoxy) is 2. The zero-order valence-corrected chi connectivity index (χ0v) is 17.5. The highest BCUT2D eigenvalue weighted by atomic mass is 32.1. The van der Waals surface area contributed by atoms with Crippen LogP contribution in [0.15, 0.2) is 30.3 Å². The molecule has 0 radical (unpaired) electrons. The first kappa shape index (κ1) is 18.8. The van der Waals surface area contributed by atoms with E-state index in [2.05, 4.69) is 18.9 Å². The summed E-state index contributed by atoms with van der Waals surface area (Å²) in [5, 5.41) is 5.68. The number of benzene rings is 1. The topological polar surface area (TPSA) is 56.6 Å². The molecule has 1 aliphatic heterocycles. The van der Waals surface area contributed by atoms with E-state index in [1.807, 2.05) is 49.0 Å². The van der Waals surface area contributed by atoms with E-state index in [4.69, 9.17) is 9.47 Å². The Kier molecular flexibility index (Phi) is 5.02. The van der Waals surface area contributed by atoms with Crippen LogP contribution in [0, 0.1) is 12.8 Å². The van der Waals surface area contributed by atoms with Gasteiger partial charge in [-0.15, -0.1) is 11.3 Å². The van der Waals surface area contributed by atoms with Crippen molar-refractivity contribution in [2.45, 2.75) is 33.4 Å². The minimum Gasteiger partial charge on any atom is -0.486 e. The van der Waals surface area contributed by atoms with Gasteiger partial charge in [0.1, 0.15) is 11.4 Å². The summed E-state index contributed by atoms with van der Waals surface area (Å²) in [4.78, 5) is 16.5. The third-order valence-electron chi connectivity index (χ3n) is 4.75. The number of thiophene rings is 1. The number of rotatable bonds is 5. The van der Waals surface area contributed by atoms with E-state index in [9.17, 15) is 4.79 Å². The van der Waals surface area contributed by atoms with Crippen molar-refractivity contribution in [1.29, 1.82) is 0 Å². The number of carbonyl (C=O) groups excluding carboxylic acids is 1. The average molecular weight is 400 g/mol. The molecule has 3 aromatic rings. The van der Waals surface area contributed by atoms with Gasteiger partial charge in [-0.05, 0) is 31.0 Å². The van der Waals surface area contributed by atoms with Crippen LogP contribution in [-0.4, -0.2) is 46.9 Å². The monoisotopic (exact) mass is 399 g/mol. The molecule has 0 saturated heterocycles. The summed E-state index contributed by atoms with van der Waals surface area (Å²) in [6, 6.07) is 9.58. The Morgan fingerprint density at radius 1 is 1.36 bits per heavy atom. The Balaban J connectivity index is 1.48. The molecule has 6 nitrogen and oxygen atoms in total. The summed E-state index contributed by atoms with van der Waals surface area (Å²) in [5.74, 6) is 1.98. The summed E-state index contributed by atoms with van der Waals surface area (Å²) in [6.07, 6.45) is -0.184. The maximum atomic E-state index is 13.0. The van der Waals surface area contributed by atoms with E-state index >= 15 is 0 Å². The number of carbonyl (C=O) groups is 1. The van der Waals surface area contributed by atoms with Crippen molar-refractivity contribution in [1.82, 2.24) is 14.7 Å². The first-order valence-electron chi connectivity index (χ1n) is 9.53. The van der Waals surface area contributed by atoms with Gasteiger partial charge < -0.3 is 14.4 Å². The molecule has 148 valence electrons. The van der Waals surface area contributed by atoms with E-state index in [0.717, 1.165) is 38.8 Å². The van der Waals surface area contributed by atoms with E-state index in [1.165, 1.54) is 11.3 Å². The van der Waals surface area contributed by atoms with Crippen LogP contribution in [0.1, 0.15) is 29.2 Å². The fraction of sp³-hybridized carbons (Fsp3) is 0.429. The van der Waals surface area contributed by atoms with Gasteiger partial charge in [-0.1, -0.05) is 26.0 Å².